The molecule has 1 saturated heterocycles. The van der Waals surface area contributed by atoms with E-state index < -0.39 is 0 Å². The summed E-state index contributed by atoms with van der Waals surface area (Å²) in [6, 6.07) is 0.0792. The van der Waals surface area contributed by atoms with E-state index in [1.807, 2.05) is 0 Å². The minimum absolute atomic E-state index is 0.0792. The molecule has 1 aliphatic carbocycles. The second-order valence-electron chi connectivity index (χ2n) is 6.49. The Hall–Kier alpha value is -0.570. The Labute approximate surface area is 118 Å². The van der Waals surface area contributed by atoms with Crippen molar-refractivity contribution >= 4 is 5.91 Å². The SMILES string of the molecule is CCCC1NC(CCC)N(CC2(CC)CCC2)C1=O. The normalized spacial score (nSPS) is 29.6. The molecule has 110 valence electrons. The zero-order chi connectivity index (χ0) is 13.9. The third-order valence-corrected chi connectivity index (χ3v) is 5.16. The molecule has 0 radical (unpaired) electrons. The van der Waals surface area contributed by atoms with Crippen molar-refractivity contribution in [1.82, 2.24) is 10.2 Å². The van der Waals surface area contributed by atoms with Crippen molar-refractivity contribution in [3.8, 4) is 0 Å². The topological polar surface area (TPSA) is 32.3 Å². The smallest absolute Gasteiger partial charge is 0.241 e. The van der Waals surface area contributed by atoms with Crippen LogP contribution in [-0.4, -0.2) is 29.6 Å². The number of nitrogens with zero attached hydrogens (tertiary/aromatic N) is 1. The van der Waals surface area contributed by atoms with E-state index in [-0.39, 0.29) is 12.2 Å². The highest BCUT2D eigenvalue weighted by Crippen LogP contribution is 2.45. The molecule has 2 fully saturated rings. The summed E-state index contributed by atoms with van der Waals surface area (Å²) in [7, 11) is 0. The van der Waals surface area contributed by atoms with E-state index >= 15 is 0 Å². The van der Waals surface area contributed by atoms with Crippen LogP contribution in [0.5, 0.6) is 0 Å². The van der Waals surface area contributed by atoms with Gasteiger partial charge in [0.25, 0.3) is 0 Å². The summed E-state index contributed by atoms with van der Waals surface area (Å²) < 4.78 is 0. The van der Waals surface area contributed by atoms with Crippen molar-refractivity contribution in [1.29, 1.82) is 0 Å². The van der Waals surface area contributed by atoms with Gasteiger partial charge in [0.15, 0.2) is 0 Å². The zero-order valence-electron chi connectivity index (χ0n) is 12.9. The molecule has 3 heteroatoms. The van der Waals surface area contributed by atoms with Crippen molar-refractivity contribution in [3.05, 3.63) is 0 Å². The van der Waals surface area contributed by atoms with Gasteiger partial charge in [-0.2, -0.15) is 0 Å². The molecule has 1 saturated carbocycles. The Morgan fingerprint density at radius 1 is 1.21 bits per heavy atom. The van der Waals surface area contributed by atoms with E-state index in [9.17, 15) is 4.79 Å². The molecular formula is C16H30N2O. The van der Waals surface area contributed by atoms with Crippen LogP contribution in [0.15, 0.2) is 0 Å². The predicted molar refractivity (Wildman–Crippen MR) is 78.8 cm³/mol. The summed E-state index contributed by atoms with van der Waals surface area (Å²) in [5.74, 6) is 0.361. The standard InChI is InChI=1S/C16H30N2O/c1-4-8-13-15(19)18(14(17-13)9-5-2)12-16(6-3)10-7-11-16/h13-14,17H,4-12H2,1-3H3. The molecule has 3 nitrogen and oxygen atoms in total. The first kappa shape index (κ1) is 14.8. The van der Waals surface area contributed by atoms with Crippen molar-refractivity contribution in [3.63, 3.8) is 0 Å². The van der Waals surface area contributed by atoms with E-state index in [1.165, 1.54) is 25.7 Å². The van der Waals surface area contributed by atoms with Gasteiger partial charge >= 0.3 is 0 Å². The van der Waals surface area contributed by atoms with Crippen LogP contribution in [0.4, 0.5) is 0 Å². The fourth-order valence-corrected chi connectivity index (χ4v) is 3.61. The second kappa shape index (κ2) is 6.25. The number of amides is 1. The van der Waals surface area contributed by atoms with Crippen molar-refractivity contribution in [2.24, 2.45) is 5.41 Å². The Bertz CT molecular complexity index is 306. The summed E-state index contributed by atoms with van der Waals surface area (Å²) in [6.07, 6.45) is 9.76. The third kappa shape index (κ3) is 2.96. The van der Waals surface area contributed by atoms with Crippen molar-refractivity contribution in [2.45, 2.75) is 84.3 Å². The number of rotatable bonds is 7. The van der Waals surface area contributed by atoms with E-state index in [4.69, 9.17) is 0 Å². The molecule has 0 aromatic carbocycles. The monoisotopic (exact) mass is 266 g/mol. The predicted octanol–water partition coefficient (Wildman–Crippen LogP) is 3.29. The Morgan fingerprint density at radius 2 is 1.89 bits per heavy atom. The van der Waals surface area contributed by atoms with Crippen LogP contribution in [0.2, 0.25) is 0 Å². The van der Waals surface area contributed by atoms with Gasteiger partial charge in [-0.15, -0.1) is 0 Å². The van der Waals surface area contributed by atoms with Crippen LogP contribution in [0.1, 0.15) is 72.1 Å². The number of hydrogen-bond donors (Lipinski definition) is 1. The lowest BCUT2D eigenvalue weighted by Crippen LogP contribution is -2.47. The average Bonchev–Trinajstić information content (AvgIpc) is 2.63. The molecule has 1 aliphatic heterocycles. The van der Waals surface area contributed by atoms with E-state index in [0.717, 1.165) is 32.2 Å². The fraction of sp³-hybridized carbons (Fsp3) is 0.938. The molecule has 1 heterocycles. The van der Waals surface area contributed by atoms with Gasteiger partial charge in [0.1, 0.15) is 0 Å². The average molecular weight is 266 g/mol. The van der Waals surface area contributed by atoms with Crippen LogP contribution in [0.25, 0.3) is 0 Å². The lowest BCUT2D eigenvalue weighted by molar-refractivity contribution is -0.133. The Balaban J connectivity index is 2.04. The molecular weight excluding hydrogens is 236 g/mol. The first-order valence-electron chi connectivity index (χ1n) is 8.22. The van der Waals surface area contributed by atoms with Gasteiger partial charge < -0.3 is 4.90 Å². The van der Waals surface area contributed by atoms with E-state index in [1.54, 1.807) is 0 Å². The van der Waals surface area contributed by atoms with Gasteiger partial charge in [0.05, 0.1) is 12.2 Å². The molecule has 0 aromatic rings. The maximum absolute atomic E-state index is 12.6. The maximum atomic E-state index is 12.6. The summed E-state index contributed by atoms with van der Waals surface area (Å²) in [6.45, 7) is 7.63. The van der Waals surface area contributed by atoms with Crippen LogP contribution < -0.4 is 5.32 Å². The van der Waals surface area contributed by atoms with Crippen molar-refractivity contribution < 1.29 is 4.79 Å². The Kier molecular flexibility index (Phi) is 4.88. The fourth-order valence-electron chi connectivity index (χ4n) is 3.61. The van der Waals surface area contributed by atoms with Crippen LogP contribution >= 0.6 is 0 Å². The van der Waals surface area contributed by atoms with Crippen LogP contribution in [0, 0.1) is 5.41 Å². The van der Waals surface area contributed by atoms with Gasteiger partial charge in [0, 0.05) is 6.54 Å². The largest absolute Gasteiger partial charge is 0.325 e. The summed E-state index contributed by atoms with van der Waals surface area (Å²) in [4.78, 5) is 14.8. The highest BCUT2D eigenvalue weighted by Gasteiger charge is 2.44. The number of carbonyl (C=O) groups is 1. The van der Waals surface area contributed by atoms with Crippen molar-refractivity contribution in [2.75, 3.05) is 6.54 Å². The van der Waals surface area contributed by atoms with Crippen LogP contribution in [0.3, 0.4) is 0 Å². The van der Waals surface area contributed by atoms with Gasteiger partial charge in [-0.3, -0.25) is 10.1 Å². The molecule has 19 heavy (non-hydrogen) atoms. The summed E-state index contributed by atoms with van der Waals surface area (Å²) in [5.41, 5.74) is 0.435. The van der Waals surface area contributed by atoms with Gasteiger partial charge in [-0.1, -0.05) is 40.0 Å². The molecule has 2 unspecified atom stereocenters. The number of hydrogen-bond acceptors (Lipinski definition) is 2. The van der Waals surface area contributed by atoms with E-state index in [2.05, 4.69) is 31.0 Å². The molecule has 2 aliphatic rings. The number of nitrogens with one attached hydrogen (secondary N) is 1. The minimum atomic E-state index is 0.0792. The lowest BCUT2D eigenvalue weighted by Gasteiger charge is -2.45. The quantitative estimate of drug-likeness (QED) is 0.767. The highest BCUT2D eigenvalue weighted by atomic mass is 16.2. The van der Waals surface area contributed by atoms with Gasteiger partial charge in [0.2, 0.25) is 5.91 Å². The van der Waals surface area contributed by atoms with Gasteiger partial charge in [-0.25, -0.2) is 0 Å². The highest BCUT2D eigenvalue weighted by molar-refractivity contribution is 5.84. The lowest BCUT2D eigenvalue weighted by atomic mass is 9.66. The molecule has 1 amide bonds. The molecule has 0 spiro atoms. The minimum Gasteiger partial charge on any atom is -0.325 e. The molecule has 0 bridgehead atoms. The van der Waals surface area contributed by atoms with Gasteiger partial charge in [-0.05, 0) is 37.5 Å². The summed E-state index contributed by atoms with van der Waals surface area (Å²) >= 11 is 0. The molecule has 0 aromatic heterocycles. The second-order valence-corrected chi connectivity index (χ2v) is 6.49. The summed E-state index contributed by atoms with van der Waals surface area (Å²) in [5, 5.41) is 3.56. The Morgan fingerprint density at radius 3 is 2.37 bits per heavy atom. The molecule has 2 atom stereocenters. The third-order valence-electron chi connectivity index (χ3n) is 5.16. The first-order valence-corrected chi connectivity index (χ1v) is 8.22. The molecule has 2 rings (SSSR count). The zero-order valence-corrected chi connectivity index (χ0v) is 12.9. The maximum Gasteiger partial charge on any atom is 0.241 e. The molecule has 1 N–H and O–H groups in total. The van der Waals surface area contributed by atoms with E-state index in [0.29, 0.717) is 11.3 Å². The van der Waals surface area contributed by atoms with Crippen LogP contribution in [-0.2, 0) is 4.79 Å². The number of carbonyl (C=O) groups excluding carboxylic acids is 1. The first-order chi connectivity index (χ1) is 9.15.